The average molecular weight is 309 g/mol. The van der Waals surface area contributed by atoms with Crippen LogP contribution in [0.25, 0.3) is 0 Å². The Bertz CT molecular complexity index is 765. The van der Waals surface area contributed by atoms with E-state index in [2.05, 4.69) is 13.8 Å². The Kier molecular flexibility index (Phi) is 3.68. The summed E-state index contributed by atoms with van der Waals surface area (Å²) < 4.78 is 0. The molecule has 4 nitrogen and oxygen atoms in total. The summed E-state index contributed by atoms with van der Waals surface area (Å²) >= 11 is 0. The van der Waals surface area contributed by atoms with Crippen LogP contribution in [0, 0.1) is 0 Å². The molecule has 0 spiro atoms. The molecule has 0 bridgehead atoms. The summed E-state index contributed by atoms with van der Waals surface area (Å²) in [6, 6.07) is 14.4. The second-order valence-corrected chi connectivity index (χ2v) is 6.50. The quantitative estimate of drug-likeness (QED) is 0.850. The number of benzene rings is 2. The Labute approximate surface area is 135 Å². The van der Waals surface area contributed by atoms with Crippen molar-refractivity contribution in [1.82, 2.24) is 0 Å². The number of carboxylic acid groups (broad SMARTS) is 1. The molecule has 2 aromatic rings. The molecule has 2 aromatic carbocycles. The Morgan fingerprint density at radius 1 is 1.04 bits per heavy atom. The lowest BCUT2D eigenvalue weighted by molar-refractivity contribution is 0.103. The number of ketones is 1. The van der Waals surface area contributed by atoms with E-state index < -0.39 is 6.09 Å². The zero-order valence-corrected chi connectivity index (χ0v) is 13.2. The third kappa shape index (κ3) is 2.72. The van der Waals surface area contributed by atoms with Crippen LogP contribution in [0.3, 0.4) is 0 Å². The highest BCUT2D eigenvalue weighted by Gasteiger charge is 2.34. The maximum atomic E-state index is 12.6. The Hall–Kier alpha value is -2.62. The van der Waals surface area contributed by atoms with E-state index in [1.165, 1.54) is 4.90 Å². The first kappa shape index (κ1) is 15.3. The zero-order valence-electron chi connectivity index (χ0n) is 13.2. The average Bonchev–Trinajstić information content (AvgIpc) is 2.54. The summed E-state index contributed by atoms with van der Waals surface area (Å²) in [7, 11) is 0. The minimum absolute atomic E-state index is 0.0953. The van der Waals surface area contributed by atoms with Crippen LogP contribution in [0.15, 0.2) is 48.5 Å². The van der Waals surface area contributed by atoms with E-state index in [9.17, 15) is 14.7 Å². The van der Waals surface area contributed by atoms with E-state index in [0.717, 1.165) is 12.0 Å². The number of fused-ring (bicyclic) bond motifs is 1. The SMILES string of the molecule is CC1(C)CCN(C(=O)O)c2cc(C(=O)c3ccccc3)ccc21. The zero-order chi connectivity index (χ0) is 16.6. The minimum atomic E-state index is -0.980. The van der Waals surface area contributed by atoms with E-state index >= 15 is 0 Å². The molecule has 0 radical (unpaired) electrons. The molecule has 0 saturated carbocycles. The molecule has 1 aliphatic rings. The van der Waals surface area contributed by atoms with Gasteiger partial charge in [0, 0.05) is 17.7 Å². The monoisotopic (exact) mass is 309 g/mol. The molecule has 3 rings (SSSR count). The van der Waals surface area contributed by atoms with Gasteiger partial charge in [-0.25, -0.2) is 4.79 Å². The summed E-state index contributed by atoms with van der Waals surface area (Å²) in [4.78, 5) is 25.5. The smallest absolute Gasteiger partial charge is 0.411 e. The highest BCUT2D eigenvalue weighted by molar-refractivity contribution is 6.10. The van der Waals surface area contributed by atoms with E-state index in [-0.39, 0.29) is 11.2 Å². The molecule has 1 amide bonds. The van der Waals surface area contributed by atoms with Crippen LogP contribution in [0.1, 0.15) is 41.8 Å². The molecule has 1 heterocycles. The number of hydrogen-bond acceptors (Lipinski definition) is 2. The number of carbonyl (C=O) groups excluding carboxylic acids is 1. The third-order valence-corrected chi connectivity index (χ3v) is 4.51. The van der Waals surface area contributed by atoms with Crippen molar-refractivity contribution in [3.8, 4) is 0 Å². The molecule has 118 valence electrons. The van der Waals surface area contributed by atoms with E-state index in [1.807, 2.05) is 24.3 Å². The van der Waals surface area contributed by atoms with Gasteiger partial charge < -0.3 is 5.11 Å². The number of hydrogen-bond donors (Lipinski definition) is 1. The van der Waals surface area contributed by atoms with Crippen LogP contribution in [0.2, 0.25) is 0 Å². The Morgan fingerprint density at radius 2 is 1.74 bits per heavy atom. The van der Waals surface area contributed by atoms with Gasteiger partial charge in [0.25, 0.3) is 0 Å². The highest BCUT2D eigenvalue weighted by Crippen LogP contribution is 2.40. The predicted octanol–water partition coefficient (Wildman–Crippen LogP) is 4.08. The Balaban J connectivity index is 2.08. The molecule has 0 saturated heterocycles. The summed E-state index contributed by atoms with van der Waals surface area (Å²) in [6.45, 7) is 4.64. The van der Waals surface area contributed by atoms with E-state index in [4.69, 9.17) is 0 Å². The van der Waals surface area contributed by atoms with Gasteiger partial charge >= 0.3 is 6.09 Å². The number of amides is 1. The molecule has 0 aliphatic carbocycles. The van der Waals surface area contributed by atoms with Crippen LogP contribution in [0.4, 0.5) is 10.5 Å². The van der Waals surface area contributed by atoms with Gasteiger partial charge in [-0.05, 0) is 23.5 Å². The van der Waals surface area contributed by atoms with Crippen molar-refractivity contribution in [2.45, 2.75) is 25.7 Å². The fourth-order valence-corrected chi connectivity index (χ4v) is 3.07. The highest BCUT2D eigenvalue weighted by atomic mass is 16.4. The van der Waals surface area contributed by atoms with Crippen LogP contribution in [0.5, 0.6) is 0 Å². The lowest BCUT2D eigenvalue weighted by Gasteiger charge is -2.38. The lowest BCUT2D eigenvalue weighted by atomic mass is 9.77. The van der Waals surface area contributed by atoms with Gasteiger partial charge in [-0.1, -0.05) is 56.3 Å². The predicted molar refractivity (Wildman–Crippen MR) is 89.3 cm³/mol. The number of nitrogens with zero attached hydrogens (tertiary/aromatic N) is 1. The largest absolute Gasteiger partial charge is 0.465 e. The van der Waals surface area contributed by atoms with Crippen molar-refractivity contribution in [2.75, 3.05) is 11.4 Å². The maximum absolute atomic E-state index is 12.6. The second kappa shape index (κ2) is 5.54. The summed E-state index contributed by atoms with van der Waals surface area (Å²) in [6.07, 6.45) is -0.218. The maximum Gasteiger partial charge on any atom is 0.411 e. The van der Waals surface area contributed by atoms with E-state index in [0.29, 0.717) is 23.4 Å². The molecule has 4 heteroatoms. The van der Waals surface area contributed by atoms with Crippen molar-refractivity contribution >= 4 is 17.6 Å². The van der Waals surface area contributed by atoms with Crippen LogP contribution in [-0.4, -0.2) is 23.5 Å². The topological polar surface area (TPSA) is 57.6 Å². The molecule has 0 fully saturated rings. The van der Waals surface area contributed by atoms with Crippen LogP contribution >= 0.6 is 0 Å². The summed E-state index contributed by atoms with van der Waals surface area (Å²) in [5.74, 6) is -0.0953. The summed E-state index contributed by atoms with van der Waals surface area (Å²) in [5.41, 5.74) is 2.60. The fraction of sp³-hybridized carbons (Fsp3) is 0.263. The normalized spacial score (nSPS) is 15.8. The van der Waals surface area contributed by atoms with Gasteiger partial charge in [0.15, 0.2) is 5.78 Å². The first-order valence-electron chi connectivity index (χ1n) is 7.65. The summed E-state index contributed by atoms with van der Waals surface area (Å²) in [5, 5.41) is 9.44. The first-order chi connectivity index (χ1) is 10.9. The Morgan fingerprint density at radius 3 is 2.39 bits per heavy atom. The standard InChI is InChI=1S/C19H19NO3/c1-19(2)10-11-20(18(22)23)16-12-14(8-9-15(16)19)17(21)13-6-4-3-5-7-13/h3-9,12H,10-11H2,1-2H3,(H,22,23). The first-order valence-corrected chi connectivity index (χ1v) is 7.65. The van der Waals surface area contributed by atoms with Gasteiger partial charge in [0.1, 0.15) is 0 Å². The number of carbonyl (C=O) groups is 2. The molecule has 1 N–H and O–H groups in total. The fourth-order valence-electron chi connectivity index (χ4n) is 3.07. The lowest BCUT2D eigenvalue weighted by Crippen LogP contribution is -2.40. The molecular formula is C19H19NO3. The van der Waals surface area contributed by atoms with Crippen molar-refractivity contribution in [1.29, 1.82) is 0 Å². The third-order valence-electron chi connectivity index (χ3n) is 4.51. The van der Waals surface area contributed by atoms with Gasteiger partial charge in [0.05, 0.1) is 5.69 Å². The van der Waals surface area contributed by atoms with Crippen molar-refractivity contribution in [2.24, 2.45) is 0 Å². The van der Waals surface area contributed by atoms with Gasteiger partial charge in [0.2, 0.25) is 0 Å². The van der Waals surface area contributed by atoms with Crippen molar-refractivity contribution in [3.05, 3.63) is 65.2 Å². The van der Waals surface area contributed by atoms with Crippen molar-refractivity contribution in [3.63, 3.8) is 0 Å². The molecule has 0 unspecified atom stereocenters. The molecular weight excluding hydrogens is 290 g/mol. The van der Waals surface area contributed by atoms with Crippen LogP contribution < -0.4 is 4.90 Å². The number of anilines is 1. The van der Waals surface area contributed by atoms with E-state index in [1.54, 1.807) is 24.3 Å². The molecule has 0 atom stereocenters. The minimum Gasteiger partial charge on any atom is -0.465 e. The van der Waals surface area contributed by atoms with Gasteiger partial charge in [-0.2, -0.15) is 0 Å². The molecule has 1 aliphatic heterocycles. The molecule has 23 heavy (non-hydrogen) atoms. The van der Waals surface area contributed by atoms with Crippen molar-refractivity contribution < 1.29 is 14.7 Å². The number of rotatable bonds is 2. The van der Waals surface area contributed by atoms with Gasteiger partial charge in [-0.3, -0.25) is 9.69 Å². The van der Waals surface area contributed by atoms with Crippen LogP contribution in [-0.2, 0) is 5.41 Å². The van der Waals surface area contributed by atoms with Gasteiger partial charge in [-0.15, -0.1) is 0 Å². The second-order valence-electron chi connectivity index (χ2n) is 6.50. The molecule has 0 aromatic heterocycles.